The van der Waals surface area contributed by atoms with Crippen molar-refractivity contribution in [3.63, 3.8) is 0 Å². The fourth-order valence-electron chi connectivity index (χ4n) is 3.71. The fourth-order valence-corrected chi connectivity index (χ4v) is 3.90. The normalized spacial score (nSPS) is 40.4. The first-order valence-corrected chi connectivity index (χ1v) is 9.23. The van der Waals surface area contributed by atoms with Gasteiger partial charge in [0.2, 0.25) is 5.29 Å². The molecule has 4 heterocycles. The zero-order valence-electron chi connectivity index (χ0n) is 14.1. The van der Waals surface area contributed by atoms with E-state index in [4.69, 9.17) is 16.3 Å². The average molecular weight is 387 g/mol. The summed E-state index contributed by atoms with van der Waals surface area (Å²) in [6.45, 7) is 1.46. The quantitative estimate of drug-likeness (QED) is 0.433. The molecular weight excluding hydrogens is 364 g/mol. The van der Waals surface area contributed by atoms with Gasteiger partial charge in [-0.1, -0.05) is 6.42 Å². The van der Waals surface area contributed by atoms with Crippen molar-refractivity contribution < 1.29 is 20.1 Å². The number of nitrogens with one attached hydrogen (secondary N) is 1. The molecular formula is C15H23ClN6O4. The molecule has 4 rings (SSSR count). The lowest BCUT2D eigenvalue weighted by Gasteiger charge is -2.35. The molecule has 0 aromatic carbocycles. The Morgan fingerprint density at radius 2 is 2.00 bits per heavy atom. The number of piperidine rings is 1. The predicted molar refractivity (Wildman–Crippen MR) is 95.0 cm³/mol. The van der Waals surface area contributed by atoms with Crippen molar-refractivity contribution >= 4 is 29.1 Å². The molecule has 0 amide bonds. The molecule has 0 aromatic rings. The monoisotopic (exact) mass is 386 g/mol. The number of hydrazine groups is 1. The molecule has 0 radical (unpaired) electrons. The van der Waals surface area contributed by atoms with E-state index in [-0.39, 0.29) is 11.9 Å². The van der Waals surface area contributed by atoms with E-state index in [0.717, 1.165) is 25.9 Å². The minimum absolute atomic E-state index is 0.0907. The van der Waals surface area contributed by atoms with E-state index in [1.807, 2.05) is 0 Å². The SMILES string of the molecule is OC[C@H]1O[C@@H](N2C=NC3C(NN4CCCCC4)=NC(Cl)=NC32)[C@H](O)[C@@H]1O. The summed E-state index contributed by atoms with van der Waals surface area (Å²) in [6.07, 6.45) is 0.356. The van der Waals surface area contributed by atoms with Gasteiger partial charge >= 0.3 is 0 Å². The number of ether oxygens (including phenoxy) is 1. The van der Waals surface area contributed by atoms with E-state index in [2.05, 4.69) is 25.4 Å². The highest BCUT2D eigenvalue weighted by atomic mass is 35.5. The van der Waals surface area contributed by atoms with Gasteiger partial charge in [-0.05, 0) is 24.4 Å². The van der Waals surface area contributed by atoms with Crippen molar-refractivity contribution in [1.82, 2.24) is 15.3 Å². The molecule has 4 aliphatic heterocycles. The van der Waals surface area contributed by atoms with Gasteiger partial charge in [-0.15, -0.1) is 0 Å². The van der Waals surface area contributed by atoms with Gasteiger partial charge in [0.25, 0.3) is 0 Å². The molecule has 26 heavy (non-hydrogen) atoms. The maximum atomic E-state index is 10.3. The van der Waals surface area contributed by atoms with Gasteiger partial charge in [0.05, 0.1) is 12.9 Å². The highest BCUT2D eigenvalue weighted by Gasteiger charge is 2.50. The fraction of sp³-hybridized carbons (Fsp3) is 0.800. The Bertz CT molecular complexity index is 625. The molecule has 11 heteroatoms. The largest absolute Gasteiger partial charge is 0.394 e. The third-order valence-electron chi connectivity index (χ3n) is 5.12. The van der Waals surface area contributed by atoms with E-state index in [1.54, 1.807) is 4.90 Å². The van der Waals surface area contributed by atoms with Crippen LogP contribution in [0.5, 0.6) is 0 Å². The van der Waals surface area contributed by atoms with Crippen LogP contribution in [0, 0.1) is 0 Å². The zero-order valence-corrected chi connectivity index (χ0v) is 14.9. The molecule has 144 valence electrons. The van der Waals surface area contributed by atoms with Crippen molar-refractivity contribution in [3.05, 3.63) is 0 Å². The second kappa shape index (κ2) is 7.37. The van der Waals surface area contributed by atoms with Gasteiger partial charge in [-0.3, -0.25) is 4.99 Å². The Morgan fingerprint density at radius 3 is 2.69 bits per heavy atom. The number of rotatable bonds is 3. The van der Waals surface area contributed by atoms with E-state index < -0.39 is 36.7 Å². The topological polar surface area (TPSA) is 126 Å². The molecule has 2 unspecified atom stereocenters. The summed E-state index contributed by atoms with van der Waals surface area (Å²) in [7, 11) is 0. The number of amidine groups is 2. The third kappa shape index (κ3) is 3.21. The highest BCUT2D eigenvalue weighted by molar-refractivity contribution is 6.65. The lowest BCUT2D eigenvalue weighted by Crippen LogP contribution is -2.55. The minimum atomic E-state index is -1.19. The number of hydrogen-bond donors (Lipinski definition) is 4. The van der Waals surface area contributed by atoms with Crippen LogP contribution in [0.2, 0.25) is 0 Å². The lowest BCUT2D eigenvalue weighted by atomic mass is 10.1. The first kappa shape index (κ1) is 18.1. The molecule has 2 saturated heterocycles. The van der Waals surface area contributed by atoms with E-state index in [0.29, 0.717) is 5.84 Å². The summed E-state index contributed by atoms with van der Waals surface area (Å²) in [6, 6.07) is -0.402. The average Bonchev–Trinajstić information content (AvgIpc) is 3.17. The first-order valence-electron chi connectivity index (χ1n) is 8.85. The van der Waals surface area contributed by atoms with Crippen molar-refractivity contribution in [2.24, 2.45) is 15.0 Å². The molecule has 4 N–H and O–H groups in total. The molecule has 2 fully saturated rings. The van der Waals surface area contributed by atoms with Crippen LogP contribution in [-0.2, 0) is 4.74 Å². The molecule has 0 saturated carbocycles. The molecule has 0 spiro atoms. The molecule has 0 aromatic heterocycles. The van der Waals surface area contributed by atoms with Crippen LogP contribution in [0.25, 0.3) is 0 Å². The minimum Gasteiger partial charge on any atom is -0.394 e. The number of fused-ring (bicyclic) bond motifs is 1. The van der Waals surface area contributed by atoms with E-state index in [9.17, 15) is 15.3 Å². The van der Waals surface area contributed by atoms with Crippen LogP contribution in [0.4, 0.5) is 0 Å². The van der Waals surface area contributed by atoms with Gasteiger partial charge in [0.1, 0.15) is 24.1 Å². The first-order chi connectivity index (χ1) is 12.6. The smallest absolute Gasteiger partial charge is 0.221 e. The van der Waals surface area contributed by atoms with Gasteiger partial charge in [0, 0.05) is 13.1 Å². The molecule has 0 bridgehead atoms. The van der Waals surface area contributed by atoms with Crippen LogP contribution >= 0.6 is 11.6 Å². The lowest BCUT2D eigenvalue weighted by molar-refractivity contribution is -0.0779. The van der Waals surface area contributed by atoms with Crippen LogP contribution in [0.15, 0.2) is 15.0 Å². The summed E-state index contributed by atoms with van der Waals surface area (Å²) in [5, 5.41) is 31.7. The highest BCUT2D eigenvalue weighted by Crippen LogP contribution is 2.30. The van der Waals surface area contributed by atoms with Crippen molar-refractivity contribution in [2.75, 3.05) is 19.7 Å². The molecule has 10 nitrogen and oxygen atoms in total. The summed E-state index contributed by atoms with van der Waals surface area (Å²) in [4.78, 5) is 14.7. The Hall–Kier alpha value is -1.30. The van der Waals surface area contributed by atoms with Gasteiger partial charge in [-0.2, -0.15) is 0 Å². The number of nitrogens with zero attached hydrogens (tertiary/aromatic N) is 5. The van der Waals surface area contributed by atoms with E-state index >= 15 is 0 Å². The Labute approximate surface area is 155 Å². The molecule has 4 aliphatic rings. The Morgan fingerprint density at radius 1 is 1.23 bits per heavy atom. The standard InChI is InChI=1S/C15H23ClN6O4/c16-15-18-12(20-21-4-2-1-3-5-21)9-13(19-15)22(7-17-9)14-11(25)10(24)8(6-23)26-14/h7-11,13-14,23-25H,1-6H2,(H,18,19,20)/t8-,9?,10-,11-,13?,14-/m1/s1. The van der Waals surface area contributed by atoms with E-state index in [1.165, 1.54) is 12.8 Å². The van der Waals surface area contributed by atoms with Gasteiger partial charge in [-0.25, -0.2) is 15.0 Å². The number of halogens is 1. The summed E-state index contributed by atoms with van der Waals surface area (Å²) < 4.78 is 5.59. The summed E-state index contributed by atoms with van der Waals surface area (Å²) in [5.74, 6) is 0.599. The maximum absolute atomic E-state index is 10.3. The van der Waals surface area contributed by atoms with Gasteiger partial charge < -0.3 is 30.4 Å². The molecule has 6 atom stereocenters. The predicted octanol–water partition coefficient (Wildman–Crippen LogP) is -1.54. The number of aliphatic hydroxyl groups excluding tert-OH is 3. The van der Waals surface area contributed by atoms with Gasteiger partial charge in [0.15, 0.2) is 18.4 Å². The van der Waals surface area contributed by atoms with Crippen molar-refractivity contribution in [2.45, 2.75) is 56.0 Å². The summed E-state index contributed by atoms with van der Waals surface area (Å²) in [5.41, 5.74) is 3.30. The van der Waals surface area contributed by atoms with Crippen LogP contribution < -0.4 is 5.43 Å². The number of aliphatic hydroxyl groups is 3. The number of hydrogen-bond acceptors (Lipinski definition) is 10. The second-order valence-corrected chi connectivity index (χ2v) is 7.19. The van der Waals surface area contributed by atoms with Crippen LogP contribution in [0.3, 0.4) is 0 Å². The van der Waals surface area contributed by atoms with Crippen molar-refractivity contribution in [1.29, 1.82) is 0 Å². The van der Waals surface area contributed by atoms with Crippen LogP contribution in [-0.4, -0.2) is 99.1 Å². The second-order valence-electron chi connectivity index (χ2n) is 6.85. The number of aliphatic imine (C=N–C) groups is 3. The van der Waals surface area contributed by atoms with Crippen LogP contribution in [0.1, 0.15) is 19.3 Å². The third-order valence-corrected chi connectivity index (χ3v) is 5.30. The maximum Gasteiger partial charge on any atom is 0.221 e. The zero-order chi connectivity index (χ0) is 18.3. The van der Waals surface area contributed by atoms with Crippen molar-refractivity contribution in [3.8, 4) is 0 Å². The Kier molecular flexibility index (Phi) is 5.13. The molecule has 0 aliphatic carbocycles. The summed E-state index contributed by atoms with van der Waals surface area (Å²) >= 11 is 6.12. The Balaban J connectivity index is 1.50.